The molecule has 0 N–H and O–H groups in total. The highest BCUT2D eigenvalue weighted by atomic mass is 32.1. The van der Waals surface area contributed by atoms with E-state index in [-0.39, 0.29) is 0 Å². The number of hydrogen-bond donors (Lipinski definition) is 0. The topological polar surface area (TPSA) is 67.7 Å². The second-order valence-electron chi connectivity index (χ2n) is 4.74. The van der Waals surface area contributed by atoms with Crippen molar-refractivity contribution in [2.75, 3.05) is 11.4 Å². The van der Waals surface area contributed by atoms with Crippen LogP contribution in [-0.2, 0) is 13.0 Å². The largest absolute Gasteiger partial charge is 0.343 e. The summed E-state index contributed by atoms with van der Waals surface area (Å²) in [5.74, 6) is 0. The lowest BCUT2D eigenvalue weighted by Crippen LogP contribution is -2.31. The molecule has 7 heteroatoms. The molecule has 0 fully saturated rings. The Kier molecular flexibility index (Phi) is 2.59. The van der Waals surface area contributed by atoms with Crippen LogP contribution in [0.2, 0.25) is 0 Å². The zero-order valence-corrected chi connectivity index (χ0v) is 11.8. The van der Waals surface area contributed by atoms with Crippen molar-refractivity contribution in [3.63, 3.8) is 0 Å². The summed E-state index contributed by atoms with van der Waals surface area (Å²) in [6.07, 6.45) is 5.95. The van der Waals surface area contributed by atoms with Crippen molar-refractivity contribution in [1.82, 2.24) is 24.9 Å². The molecule has 0 aromatic carbocycles. The van der Waals surface area contributed by atoms with Gasteiger partial charge in [-0.3, -0.25) is 0 Å². The van der Waals surface area contributed by atoms with Crippen molar-refractivity contribution in [3.8, 4) is 0 Å². The zero-order chi connectivity index (χ0) is 13.5. The van der Waals surface area contributed by atoms with Crippen molar-refractivity contribution < 1.29 is 0 Å². The second-order valence-corrected chi connectivity index (χ2v) is 5.69. The molecule has 0 radical (unpaired) electrons. The van der Waals surface area contributed by atoms with Crippen LogP contribution in [0.1, 0.15) is 17.0 Å². The minimum absolute atomic E-state index is 0.722. The molecule has 0 aliphatic carbocycles. The predicted molar refractivity (Wildman–Crippen MR) is 76.7 cm³/mol. The first kappa shape index (κ1) is 11.7. The van der Waals surface area contributed by atoms with Crippen molar-refractivity contribution in [2.45, 2.75) is 19.9 Å². The molecule has 0 spiro atoms. The Morgan fingerprint density at radius 1 is 1.15 bits per heavy atom. The Labute approximate surface area is 119 Å². The number of rotatable bonds is 1. The fourth-order valence-corrected chi connectivity index (χ4v) is 3.34. The lowest BCUT2D eigenvalue weighted by molar-refractivity contribution is 0.696. The maximum absolute atomic E-state index is 4.57. The number of fused-ring (bicyclic) bond motifs is 2. The van der Waals surface area contributed by atoms with Gasteiger partial charge in [0.05, 0.1) is 5.69 Å². The quantitative estimate of drug-likeness (QED) is 0.678. The third-order valence-corrected chi connectivity index (χ3v) is 4.54. The van der Waals surface area contributed by atoms with Crippen LogP contribution in [0.15, 0.2) is 18.7 Å². The molecule has 20 heavy (non-hydrogen) atoms. The fourth-order valence-electron chi connectivity index (χ4n) is 2.45. The van der Waals surface area contributed by atoms with Gasteiger partial charge in [0.1, 0.15) is 6.33 Å². The average Bonchev–Trinajstić information content (AvgIpc) is 2.91. The van der Waals surface area contributed by atoms with Crippen LogP contribution in [0.5, 0.6) is 0 Å². The number of anilines is 1. The first-order valence-electron chi connectivity index (χ1n) is 6.43. The minimum Gasteiger partial charge on any atom is -0.343 e. The van der Waals surface area contributed by atoms with Crippen LogP contribution in [-0.4, -0.2) is 31.5 Å². The number of aromatic nitrogens is 5. The molecule has 0 saturated carbocycles. The molecule has 4 heterocycles. The van der Waals surface area contributed by atoms with E-state index in [2.05, 4.69) is 29.8 Å². The maximum Gasteiger partial charge on any atom is 0.191 e. The zero-order valence-electron chi connectivity index (χ0n) is 10.9. The van der Waals surface area contributed by atoms with Gasteiger partial charge in [0.15, 0.2) is 15.6 Å². The lowest BCUT2D eigenvalue weighted by atomic mass is 10.1. The molecule has 3 aromatic rings. The lowest BCUT2D eigenvalue weighted by Gasteiger charge is -2.28. The fraction of sp³-hybridized carbons (Fsp3) is 0.308. The van der Waals surface area contributed by atoms with E-state index in [0.29, 0.717) is 0 Å². The van der Waals surface area contributed by atoms with Crippen LogP contribution in [0.4, 0.5) is 5.13 Å². The summed E-state index contributed by atoms with van der Waals surface area (Å²) < 4.78 is 0. The highest BCUT2D eigenvalue weighted by Crippen LogP contribution is 2.30. The summed E-state index contributed by atoms with van der Waals surface area (Å²) in [7, 11) is 0. The van der Waals surface area contributed by atoms with E-state index in [1.807, 2.05) is 6.92 Å². The van der Waals surface area contributed by atoms with Gasteiger partial charge in [-0.15, -0.1) is 0 Å². The smallest absolute Gasteiger partial charge is 0.191 e. The van der Waals surface area contributed by atoms with Gasteiger partial charge >= 0.3 is 0 Å². The van der Waals surface area contributed by atoms with Gasteiger partial charge in [0.2, 0.25) is 0 Å². The average molecular weight is 284 g/mol. The Morgan fingerprint density at radius 2 is 2.05 bits per heavy atom. The summed E-state index contributed by atoms with van der Waals surface area (Å²) in [5.41, 5.74) is 4.15. The highest BCUT2D eigenvalue weighted by molar-refractivity contribution is 7.21. The van der Waals surface area contributed by atoms with Gasteiger partial charge < -0.3 is 4.90 Å². The molecule has 1 aliphatic rings. The number of aryl methyl sites for hydroxylation is 1. The molecular formula is C13H12N6S. The molecule has 4 rings (SSSR count). The van der Waals surface area contributed by atoms with Gasteiger partial charge in [-0.2, -0.15) is 4.98 Å². The summed E-state index contributed by atoms with van der Waals surface area (Å²) in [5, 5.41) is 0.972. The molecular weight excluding hydrogens is 272 g/mol. The van der Waals surface area contributed by atoms with E-state index in [1.165, 1.54) is 5.56 Å². The van der Waals surface area contributed by atoms with E-state index >= 15 is 0 Å². The summed E-state index contributed by atoms with van der Waals surface area (Å²) in [6, 6.07) is 0. The predicted octanol–water partition coefficient (Wildman–Crippen LogP) is 1.75. The molecule has 0 saturated heterocycles. The van der Waals surface area contributed by atoms with Gasteiger partial charge in [0, 0.05) is 43.2 Å². The number of hydrogen-bond acceptors (Lipinski definition) is 7. The van der Waals surface area contributed by atoms with E-state index in [9.17, 15) is 0 Å². The molecule has 100 valence electrons. The Balaban J connectivity index is 1.72. The minimum atomic E-state index is 0.722. The van der Waals surface area contributed by atoms with Crippen LogP contribution in [0, 0.1) is 6.92 Å². The Hall–Kier alpha value is -2.15. The van der Waals surface area contributed by atoms with Crippen molar-refractivity contribution in [2.24, 2.45) is 0 Å². The number of nitrogens with zero attached hydrogens (tertiary/aromatic N) is 6. The molecule has 0 atom stereocenters. The van der Waals surface area contributed by atoms with E-state index in [0.717, 1.165) is 46.5 Å². The summed E-state index contributed by atoms with van der Waals surface area (Å²) in [6.45, 7) is 3.76. The first-order chi connectivity index (χ1) is 9.81. The first-order valence-corrected chi connectivity index (χ1v) is 7.25. The molecule has 3 aromatic heterocycles. The Bertz CT molecular complexity index is 750. The summed E-state index contributed by atoms with van der Waals surface area (Å²) >= 11 is 1.58. The number of thiazole rings is 1. The summed E-state index contributed by atoms with van der Waals surface area (Å²) in [4.78, 5) is 24.9. The molecule has 1 aliphatic heterocycles. The molecule has 0 unspecified atom stereocenters. The second kappa shape index (κ2) is 4.45. The highest BCUT2D eigenvalue weighted by Gasteiger charge is 2.22. The van der Waals surface area contributed by atoms with Crippen molar-refractivity contribution >= 4 is 26.9 Å². The van der Waals surface area contributed by atoms with E-state index in [1.54, 1.807) is 30.1 Å². The third kappa shape index (κ3) is 1.82. The van der Waals surface area contributed by atoms with Crippen molar-refractivity contribution in [3.05, 3.63) is 35.7 Å². The van der Waals surface area contributed by atoms with Crippen LogP contribution < -0.4 is 4.90 Å². The van der Waals surface area contributed by atoms with Gasteiger partial charge in [-0.1, -0.05) is 11.3 Å². The van der Waals surface area contributed by atoms with Crippen LogP contribution >= 0.6 is 11.3 Å². The molecule has 6 nitrogen and oxygen atoms in total. The molecule has 0 amide bonds. The third-order valence-electron chi connectivity index (χ3n) is 3.52. The standard InChI is InChI=1S/C13H12N6S/c1-8-9-6-19(5-2-10(9)17-7-16-8)13-18-11-12(20-13)15-4-3-14-11/h3-4,7H,2,5-6H2,1H3. The SMILES string of the molecule is Cc1ncnc2c1CN(c1nc3nccnc3s1)CC2. The monoisotopic (exact) mass is 284 g/mol. The van der Waals surface area contributed by atoms with Crippen LogP contribution in [0.25, 0.3) is 10.5 Å². The Morgan fingerprint density at radius 3 is 2.95 bits per heavy atom. The normalized spacial score (nSPS) is 14.6. The van der Waals surface area contributed by atoms with Gasteiger partial charge in [-0.25, -0.2) is 19.9 Å². The van der Waals surface area contributed by atoms with Crippen molar-refractivity contribution in [1.29, 1.82) is 0 Å². The van der Waals surface area contributed by atoms with Gasteiger partial charge in [0.25, 0.3) is 0 Å². The maximum atomic E-state index is 4.57. The van der Waals surface area contributed by atoms with E-state index < -0.39 is 0 Å². The van der Waals surface area contributed by atoms with Gasteiger partial charge in [-0.05, 0) is 6.92 Å². The van der Waals surface area contributed by atoms with Crippen LogP contribution in [0.3, 0.4) is 0 Å². The molecule has 0 bridgehead atoms. The van der Waals surface area contributed by atoms with E-state index in [4.69, 9.17) is 0 Å².